The number of nitrogens with one attached hydrogen (secondary N) is 2. The molecule has 0 spiro atoms. The molecule has 0 aliphatic rings. The fourth-order valence-corrected chi connectivity index (χ4v) is 2.09. The molecule has 1 atom stereocenters. The van der Waals surface area contributed by atoms with Crippen LogP contribution in [0.3, 0.4) is 0 Å². The largest absolute Gasteiger partial charge is 0.355 e. The van der Waals surface area contributed by atoms with Crippen LogP contribution in [0.15, 0.2) is 42.5 Å². The molecule has 104 valence electrons. The minimum absolute atomic E-state index is 0.180. The summed E-state index contributed by atoms with van der Waals surface area (Å²) in [5, 5.41) is 7.30. The van der Waals surface area contributed by atoms with Gasteiger partial charge in [-0.25, -0.2) is 0 Å². The molecule has 2 aromatic rings. The quantitative estimate of drug-likeness (QED) is 0.893. The number of rotatable bonds is 4. The van der Waals surface area contributed by atoms with Crippen LogP contribution in [0.4, 0.5) is 0 Å². The average molecular weight is 270 g/mol. The van der Waals surface area contributed by atoms with Crippen molar-refractivity contribution in [3.8, 4) is 0 Å². The van der Waals surface area contributed by atoms with Crippen molar-refractivity contribution < 1.29 is 9.59 Å². The predicted molar refractivity (Wildman–Crippen MR) is 79.6 cm³/mol. The first kappa shape index (κ1) is 14.1. The fourth-order valence-electron chi connectivity index (χ4n) is 2.09. The number of hydrogen-bond donors (Lipinski definition) is 2. The normalized spacial score (nSPS) is 11.9. The van der Waals surface area contributed by atoms with E-state index in [1.54, 1.807) is 13.0 Å². The van der Waals surface area contributed by atoms with E-state index >= 15 is 0 Å². The van der Waals surface area contributed by atoms with Crippen LogP contribution in [0.25, 0.3) is 10.8 Å². The van der Waals surface area contributed by atoms with Crippen LogP contribution >= 0.6 is 0 Å². The molecule has 0 heterocycles. The molecular formula is C16H18N2O2. The van der Waals surface area contributed by atoms with Gasteiger partial charge in [0.15, 0.2) is 0 Å². The van der Waals surface area contributed by atoms with Gasteiger partial charge in [0.2, 0.25) is 5.91 Å². The first-order chi connectivity index (χ1) is 9.63. The topological polar surface area (TPSA) is 58.2 Å². The fraction of sp³-hybridized carbons (Fsp3) is 0.250. The first-order valence-corrected chi connectivity index (χ1v) is 6.69. The number of amides is 2. The lowest BCUT2D eigenvalue weighted by Gasteiger charge is -2.14. The minimum atomic E-state index is -0.554. The highest BCUT2D eigenvalue weighted by molar-refractivity contribution is 6.08. The third kappa shape index (κ3) is 2.96. The number of likely N-dealkylation sites (N-methyl/N-ethyl adjacent to an activating group) is 1. The van der Waals surface area contributed by atoms with E-state index in [2.05, 4.69) is 10.6 Å². The molecule has 0 saturated heterocycles. The van der Waals surface area contributed by atoms with Crippen LogP contribution in [-0.2, 0) is 4.79 Å². The Bertz CT molecular complexity index is 632. The molecule has 2 N–H and O–H groups in total. The van der Waals surface area contributed by atoms with Crippen LogP contribution in [0.1, 0.15) is 24.2 Å². The first-order valence-electron chi connectivity index (χ1n) is 6.69. The summed E-state index contributed by atoms with van der Waals surface area (Å²) < 4.78 is 0. The zero-order valence-electron chi connectivity index (χ0n) is 11.6. The van der Waals surface area contributed by atoms with E-state index in [0.717, 1.165) is 10.8 Å². The lowest BCUT2D eigenvalue weighted by atomic mass is 10.0. The Labute approximate surface area is 118 Å². The number of carbonyl (C=O) groups is 2. The maximum absolute atomic E-state index is 12.3. The van der Waals surface area contributed by atoms with Gasteiger partial charge in [0.1, 0.15) is 6.04 Å². The van der Waals surface area contributed by atoms with Crippen LogP contribution < -0.4 is 10.6 Å². The summed E-state index contributed by atoms with van der Waals surface area (Å²) >= 11 is 0. The van der Waals surface area contributed by atoms with E-state index in [0.29, 0.717) is 12.1 Å². The number of hydrogen-bond acceptors (Lipinski definition) is 2. The van der Waals surface area contributed by atoms with E-state index in [1.807, 2.05) is 43.3 Å². The Morgan fingerprint density at radius 2 is 1.80 bits per heavy atom. The molecule has 0 aromatic heterocycles. The van der Waals surface area contributed by atoms with Gasteiger partial charge < -0.3 is 10.6 Å². The molecule has 2 aromatic carbocycles. The SMILES string of the molecule is CCNC(=O)C(C)NC(=O)c1cccc2ccccc12. The van der Waals surface area contributed by atoms with E-state index in [-0.39, 0.29) is 11.8 Å². The summed E-state index contributed by atoms with van der Waals surface area (Å²) in [4.78, 5) is 23.9. The Kier molecular flexibility index (Phi) is 4.35. The highest BCUT2D eigenvalue weighted by Gasteiger charge is 2.17. The van der Waals surface area contributed by atoms with Gasteiger partial charge in [-0.2, -0.15) is 0 Å². The van der Waals surface area contributed by atoms with Gasteiger partial charge in [-0.1, -0.05) is 36.4 Å². The monoisotopic (exact) mass is 270 g/mol. The molecule has 0 saturated carbocycles. The van der Waals surface area contributed by atoms with Crippen molar-refractivity contribution in [1.29, 1.82) is 0 Å². The molecule has 0 bridgehead atoms. The third-order valence-corrected chi connectivity index (χ3v) is 3.13. The Balaban J connectivity index is 2.22. The average Bonchev–Trinajstić information content (AvgIpc) is 2.46. The second kappa shape index (κ2) is 6.19. The van der Waals surface area contributed by atoms with Crippen LogP contribution in [0.2, 0.25) is 0 Å². The molecule has 1 unspecified atom stereocenters. The number of carbonyl (C=O) groups excluding carboxylic acids is 2. The van der Waals surface area contributed by atoms with Gasteiger partial charge in [-0.15, -0.1) is 0 Å². The second-order valence-electron chi connectivity index (χ2n) is 4.62. The van der Waals surface area contributed by atoms with Crippen LogP contribution in [-0.4, -0.2) is 24.4 Å². The van der Waals surface area contributed by atoms with Gasteiger partial charge in [-0.05, 0) is 30.7 Å². The number of benzene rings is 2. The molecule has 0 fully saturated rings. The number of fused-ring (bicyclic) bond motifs is 1. The van der Waals surface area contributed by atoms with E-state index in [4.69, 9.17) is 0 Å². The zero-order valence-corrected chi connectivity index (χ0v) is 11.6. The molecule has 4 heteroatoms. The molecule has 2 amide bonds. The van der Waals surface area contributed by atoms with Crippen molar-refractivity contribution in [2.24, 2.45) is 0 Å². The molecule has 4 nitrogen and oxygen atoms in total. The van der Waals surface area contributed by atoms with Crippen molar-refractivity contribution in [2.75, 3.05) is 6.54 Å². The third-order valence-electron chi connectivity index (χ3n) is 3.13. The van der Waals surface area contributed by atoms with Crippen molar-refractivity contribution in [3.63, 3.8) is 0 Å². The van der Waals surface area contributed by atoms with Gasteiger partial charge >= 0.3 is 0 Å². The summed E-state index contributed by atoms with van der Waals surface area (Å²) in [6.07, 6.45) is 0. The van der Waals surface area contributed by atoms with E-state index < -0.39 is 6.04 Å². The molecular weight excluding hydrogens is 252 g/mol. The predicted octanol–water partition coefficient (Wildman–Crippen LogP) is 2.09. The molecule has 0 aliphatic heterocycles. The Morgan fingerprint density at radius 1 is 1.10 bits per heavy atom. The maximum atomic E-state index is 12.3. The van der Waals surface area contributed by atoms with Crippen molar-refractivity contribution >= 4 is 22.6 Å². The summed E-state index contributed by atoms with van der Waals surface area (Å²) in [6.45, 7) is 4.07. The summed E-state index contributed by atoms with van der Waals surface area (Å²) in [7, 11) is 0. The Hall–Kier alpha value is -2.36. The molecule has 2 rings (SSSR count). The van der Waals surface area contributed by atoms with Crippen molar-refractivity contribution in [1.82, 2.24) is 10.6 Å². The van der Waals surface area contributed by atoms with Gasteiger partial charge in [0.05, 0.1) is 0 Å². The van der Waals surface area contributed by atoms with Crippen molar-refractivity contribution in [2.45, 2.75) is 19.9 Å². The van der Waals surface area contributed by atoms with Crippen molar-refractivity contribution in [3.05, 3.63) is 48.0 Å². The lowest BCUT2D eigenvalue weighted by Crippen LogP contribution is -2.44. The maximum Gasteiger partial charge on any atom is 0.252 e. The van der Waals surface area contributed by atoms with Crippen LogP contribution in [0.5, 0.6) is 0 Å². The highest BCUT2D eigenvalue weighted by atomic mass is 16.2. The van der Waals surface area contributed by atoms with E-state index in [1.165, 1.54) is 0 Å². The summed E-state index contributed by atoms with van der Waals surface area (Å²) in [5.74, 6) is -0.415. The molecule has 0 aliphatic carbocycles. The lowest BCUT2D eigenvalue weighted by molar-refractivity contribution is -0.122. The minimum Gasteiger partial charge on any atom is -0.355 e. The molecule has 20 heavy (non-hydrogen) atoms. The highest BCUT2D eigenvalue weighted by Crippen LogP contribution is 2.18. The van der Waals surface area contributed by atoms with Gasteiger partial charge in [0, 0.05) is 12.1 Å². The van der Waals surface area contributed by atoms with Gasteiger partial charge in [-0.3, -0.25) is 9.59 Å². The van der Waals surface area contributed by atoms with Gasteiger partial charge in [0.25, 0.3) is 5.91 Å². The Morgan fingerprint density at radius 3 is 2.55 bits per heavy atom. The van der Waals surface area contributed by atoms with E-state index in [9.17, 15) is 9.59 Å². The summed E-state index contributed by atoms with van der Waals surface area (Å²) in [5.41, 5.74) is 0.583. The summed E-state index contributed by atoms with van der Waals surface area (Å²) in [6, 6.07) is 12.7. The zero-order chi connectivity index (χ0) is 14.5. The smallest absolute Gasteiger partial charge is 0.252 e. The standard InChI is InChI=1S/C16H18N2O2/c1-3-17-15(19)11(2)18-16(20)14-10-6-8-12-7-4-5-9-13(12)14/h4-11H,3H2,1-2H3,(H,17,19)(H,18,20). The van der Waals surface area contributed by atoms with Crippen LogP contribution in [0, 0.1) is 0 Å². The molecule has 0 radical (unpaired) electrons. The second-order valence-corrected chi connectivity index (χ2v) is 4.62.